The Bertz CT molecular complexity index is 1020. The van der Waals surface area contributed by atoms with Gasteiger partial charge in [-0.25, -0.2) is 4.79 Å². The van der Waals surface area contributed by atoms with Gasteiger partial charge in [0.05, 0.1) is 0 Å². The minimum absolute atomic E-state index is 0.0533. The van der Waals surface area contributed by atoms with Crippen LogP contribution in [0.2, 0.25) is 0 Å². The maximum Gasteiger partial charge on any atom is 0.408 e. The van der Waals surface area contributed by atoms with E-state index in [1.54, 1.807) is 27.7 Å². The van der Waals surface area contributed by atoms with Crippen molar-refractivity contribution in [1.82, 2.24) is 25.8 Å². The van der Waals surface area contributed by atoms with E-state index in [9.17, 15) is 19.2 Å². The second kappa shape index (κ2) is 15.2. The fraction of sp³-hybridized carbons (Fsp3) is 0.677. The normalized spacial score (nSPS) is 18.2. The molecular formula is C31H49N5O5. The molecule has 228 valence electrons. The van der Waals surface area contributed by atoms with Gasteiger partial charge >= 0.3 is 6.09 Å². The minimum atomic E-state index is -0.646. The van der Waals surface area contributed by atoms with E-state index in [0.29, 0.717) is 32.5 Å². The van der Waals surface area contributed by atoms with Crippen LogP contribution in [-0.4, -0.2) is 84.5 Å². The highest BCUT2D eigenvalue weighted by atomic mass is 16.6. The van der Waals surface area contributed by atoms with Crippen LogP contribution in [0.4, 0.5) is 4.79 Å². The molecule has 1 saturated heterocycles. The van der Waals surface area contributed by atoms with Gasteiger partial charge in [0.1, 0.15) is 17.7 Å². The highest BCUT2D eigenvalue weighted by Crippen LogP contribution is 2.27. The third-order valence-corrected chi connectivity index (χ3v) is 7.77. The molecule has 0 unspecified atom stereocenters. The van der Waals surface area contributed by atoms with Crippen molar-refractivity contribution in [3.8, 4) is 0 Å². The van der Waals surface area contributed by atoms with E-state index in [0.717, 1.165) is 56.3 Å². The first-order chi connectivity index (χ1) is 19.4. The Morgan fingerprint density at radius 2 is 1.54 bits per heavy atom. The lowest BCUT2D eigenvalue weighted by molar-refractivity contribution is -0.137. The fourth-order valence-corrected chi connectivity index (χ4v) is 5.37. The molecule has 2 fully saturated rings. The van der Waals surface area contributed by atoms with Gasteiger partial charge in [0.15, 0.2) is 0 Å². The highest BCUT2D eigenvalue weighted by Gasteiger charge is 2.32. The van der Waals surface area contributed by atoms with Gasteiger partial charge in [-0.15, -0.1) is 0 Å². The van der Waals surface area contributed by atoms with E-state index in [2.05, 4.69) is 20.9 Å². The van der Waals surface area contributed by atoms with Gasteiger partial charge < -0.3 is 30.5 Å². The van der Waals surface area contributed by atoms with Gasteiger partial charge in [-0.05, 0) is 57.7 Å². The van der Waals surface area contributed by atoms with Crippen molar-refractivity contribution < 1.29 is 23.9 Å². The molecule has 3 rings (SSSR count). The van der Waals surface area contributed by atoms with Crippen molar-refractivity contribution in [1.29, 1.82) is 0 Å². The zero-order valence-electron chi connectivity index (χ0n) is 25.5. The molecule has 1 saturated carbocycles. The molecule has 4 amide bonds. The molecule has 1 aliphatic carbocycles. The van der Waals surface area contributed by atoms with Crippen molar-refractivity contribution in [3.63, 3.8) is 0 Å². The molecule has 10 nitrogen and oxygen atoms in total. The highest BCUT2D eigenvalue weighted by molar-refractivity contribution is 5.88. The van der Waals surface area contributed by atoms with Gasteiger partial charge in [-0.2, -0.15) is 0 Å². The largest absolute Gasteiger partial charge is 0.444 e. The molecule has 2 atom stereocenters. The lowest BCUT2D eigenvalue weighted by Gasteiger charge is -2.34. The number of piperazine rings is 1. The Hall–Kier alpha value is -3.14. The average molecular weight is 572 g/mol. The van der Waals surface area contributed by atoms with Crippen LogP contribution in [-0.2, 0) is 32.1 Å². The molecule has 3 N–H and O–H groups in total. The standard InChI is InChI=1S/C31H49N5O5/c1-6-26(37)33-25(29(39)36-18-16-35(5)17-19-36)20-22-12-14-23(15-13-22)21-32-28(38)27(24-10-8-7-9-11-24)34-30(40)41-31(2,3)4/h12-15,24-25,27H,6-11,16-21H2,1-5H3,(H,32,38)(H,33,37)(H,34,40)/t25-,27+/m1/s1. The lowest BCUT2D eigenvalue weighted by Crippen LogP contribution is -2.54. The summed E-state index contributed by atoms with van der Waals surface area (Å²) in [5.74, 6) is -0.342. The smallest absolute Gasteiger partial charge is 0.408 e. The number of hydrogen-bond donors (Lipinski definition) is 3. The molecular weight excluding hydrogens is 522 g/mol. The number of alkyl carbamates (subject to hydrolysis) is 1. The molecule has 1 aliphatic heterocycles. The van der Waals surface area contributed by atoms with Crippen LogP contribution in [0.3, 0.4) is 0 Å². The number of likely N-dealkylation sites (N-methyl/N-ethyl adjacent to an activating group) is 1. The zero-order chi connectivity index (χ0) is 30.0. The lowest BCUT2D eigenvalue weighted by atomic mass is 9.83. The van der Waals surface area contributed by atoms with Crippen molar-refractivity contribution in [2.24, 2.45) is 5.92 Å². The zero-order valence-corrected chi connectivity index (χ0v) is 25.5. The van der Waals surface area contributed by atoms with Crippen LogP contribution in [0.1, 0.15) is 77.3 Å². The number of carbonyl (C=O) groups excluding carboxylic acids is 4. The van der Waals surface area contributed by atoms with Gasteiger partial charge in [-0.1, -0.05) is 50.5 Å². The van der Waals surface area contributed by atoms with Gasteiger partial charge in [0.25, 0.3) is 0 Å². The van der Waals surface area contributed by atoms with Gasteiger partial charge in [0.2, 0.25) is 17.7 Å². The predicted molar refractivity (Wildman–Crippen MR) is 158 cm³/mol. The molecule has 0 aromatic heterocycles. The Balaban J connectivity index is 1.61. The van der Waals surface area contributed by atoms with Crippen molar-refractivity contribution in [2.75, 3.05) is 33.2 Å². The summed E-state index contributed by atoms with van der Waals surface area (Å²) >= 11 is 0. The second-order valence-electron chi connectivity index (χ2n) is 12.4. The maximum absolute atomic E-state index is 13.3. The Labute approximate surface area is 244 Å². The number of nitrogens with zero attached hydrogens (tertiary/aromatic N) is 2. The first-order valence-corrected chi connectivity index (χ1v) is 15.1. The number of carbonyl (C=O) groups is 4. The minimum Gasteiger partial charge on any atom is -0.444 e. The molecule has 1 aromatic carbocycles. The van der Waals surface area contributed by atoms with E-state index in [1.165, 1.54) is 0 Å². The quantitative estimate of drug-likeness (QED) is 0.397. The van der Waals surface area contributed by atoms with Gasteiger partial charge in [-0.3, -0.25) is 14.4 Å². The third-order valence-electron chi connectivity index (χ3n) is 7.77. The SMILES string of the molecule is CCC(=O)N[C@H](Cc1ccc(CNC(=O)[C@@H](NC(=O)OC(C)(C)C)C2CCCCC2)cc1)C(=O)N1CCN(C)CC1. The van der Waals surface area contributed by atoms with Crippen LogP contribution in [0, 0.1) is 5.92 Å². The molecule has 0 radical (unpaired) electrons. The summed E-state index contributed by atoms with van der Waals surface area (Å²) in [6.45, 7) is 10.4. The predicted octanol–water partition coefficient (Wildman–Crippen LogP) is 2.99. The van der Waals surface area contributed by atoms with E-state index in [1.807, 2.05) is 36.2 Å². The summed E-state index contributed by atoms with van der Waals surface area (Å²) in [7, 11) is 2.04. The Morgan fingerprint density at radius 1 is 0.927 bits per heavy atom. The average Bonchev–Trinajstić information content (AvgIpc) is 2.94. The topological polar surface area (TPSA) is 120 Å². The molecule has 0 spiro atoms. The molecule has 1 heterocycles. The summed E-state index contributed by atoms with van der Waals surface area (Å²) in [4.78, 5) is 55.2. The second-order valence-corrected chi connectivity index (χ2v) is 12.4. The maximum atomic E-state index is 13.3. The van der Waals surface area contributed by atoms with Crippen LogP contribution in [0.25, 0.3) is 0 Å². The van der Waals surface area contributed by atoms with Crippen molar-refractivity contribution in [3.05, 3.63) is 35.4 Å². The van der Waals surface area contributed by atoms with E-state index in [4.69, 9.17) is 4.74 Å². The first kappa shape index (κ1) is 32.4. The number of rotatable bonds is 10. The van der Waals surface area contributed by atoms with E-state index >= 15 is 0 Å². The number of benzene rings is 1. The third kappa shape index (κ3) is 10.6. The molecule has 41 heavy (non-hydrogen) atoms. The summed E-state index contributed by atoms with van der Waals surface area (Å²) in [5.41, 5.74) is 1.18. The molecule has 10 heteroatoms. The first-order valence-electron chi connectivity index (χ1n) is 15.1. The van der Waals surface area contributed by atoms with Crippen LogP contribution in [0.5, 0.6) is 0 Å². The van der Waals surface area contributed by atoms with Crippen molar-refractivity contribution >= 4 is 23.8 Å². The van der Waals surface area contributed by atoms with E-state index in [-0.39, 0.29) is 23.6 Å². The number of hydrogen-bond acceptors (Lipinski definition) is 6. The summed E-state index contributed by atoms with van der Waals surface area (Å²) in [6.07, 6.45) is 5.15. The van der Waals surface area contributed by atoms with Crippen LogP contribution in [0.15, 0.2) is 24.3 Å². The van der Waals surface area contributed by atoms with Crippen LogP contribution >= 0.6 is 0 Å². The Morgan fingerprint density at radius 3 is 2.12 bits per heavy atom. The number of amides is 4. The summed E-state index contributed by atoms with van der Waals surface area (Å²) in [6, 6.07) is 6.44. The van der Waals surface area contributed by atoms with Gasteiger partial charge in [0, 0.05) is 45.6 Å². The summed E-state index contributed by atoms with van der Waals surface area (Å²) in [5, 5.41) is 8.72. The fourth-order valence-electron chi connectivity index (χ4n) is 5.37. The molecule has 2 aliphatic rings. The van der Waals surface area contributed by atoms with Crippen molar-refractivity contribution in [2.45, 2.75) is 96.9 Å². The van der Waals surface area contributed by atoms with Crippen LogP contribution < -0.4 is 16.0 Å². The number of nitrogens with one attached hydrogen (secondary N) is 3. The van der Waals surface area contributed by atoms with E-state index < -0.39 is 23.8 Å². The molecule has 0 bridgehead atoms. The monoisotopic (exact) mass is 571 g/mol. The molecule has 1 aromatic rings. The number of ether oxygens (including phenoxy) is 1. The Kier molecular flexibility index (Phi) is 12.0. The summed E-state index contributed by atoms with van der Waals surface area (Å²) < 4.78 is 5.42.